The van der Waals surface area contributed by atoms with Crippen molar-refractivity contribution in [3.05, 3.63) is 81.6 Å². The zero-order valence-electron chi connectivity index (χ0n) is 18.1. The van der Waals surface area contributed by atoms with Gasteiger partial charge in [0.05, 0.1) is 27.0 Å². The van der Waals surface area contributed by atoms with Gasteiger partial charge in [0.1, 0.15) is 0 Å². The zero-order chi connectivity index (χ0) is 22.1. The van der Waals surface area contributed by atoms with Gasteiger partial charge in [0.25, 0.3) is 0 Å². The van der Waals surface area contributed by atoms with Gasteiger partial charge in [-0.05, 0) is 63.1 Å². The molecular formula is C25H25N3O2S. The van der Waals surface area contributed by atoms with Gasteiger partial charge < -0.3 is 10.3 Å². The standard InChI is InChI=1S/C25H25N3O2S/c1-14-23(17(4)29)15(2)27-24(14)25(30)16(3)26-19-11-9-18(10-12-19)13-22-28-20-7-5-6-8-21(20)31-22/h5-12,16,26-27H,13H2,1-4H3. The monoisotopic (exact) mass is 431 g/mol. The Morgan fingerprint density at radius 2 is 1.81 bits per heavy atom. The van der Waals surface area contributed by atoms with E-state index in [-0.39, 0.29) is 11.6 Å². The fourth-order valence-corrected chi connectivity index (χ4v) is 4.95. The summed E-state index contributed by atoms with van der Waals surface area (Å²) >= 11 is 1.72. The van der Waals surface area contributed by atoms with Crippen LogP contribution in [0.1, 0.15) is 56.5 Å². The normalized spacial score (nSPS) is 12.1. The number of para-hydroxylation sites is 1. The van der Waals surface area contributed by atoms with Crippen LogP contribution in [0.5, 0.6) is 0 Å². The van der Waals surface area contributed by atoms with Gasteiger partial charge in [-0.2, -0.15) is 0 Å². The fraction of sp³-hybridized carbons (Fsp3) is 0.240. The van der Waals surface area contributed by atoms with Crippen LogP contribution in [0.3, 0.4) is 0 Å². The average molecular weight is 432 g/mol. The number of aryl methyl sites for hydroxylation is 1. The number of H-pyrrole nitrogens is 1. The molecule has 158 valence electrons. The minimum Gasteiger partial charge on any atom is -0.375 e. The smallest absolute Gasteiger partial charge is 0.201 e. The number of Topliss-reactive ketones (excluding diaryl/α,β-unsaturated/α-hetero) is 2. The Labute approximate surface area is 185 Å². The molecule has 2 aromatic heterocycles. The third-order valence-electron chi connectivity index (χ3n) is 5.46. The molecule has 4 aromatic rings. The Kier molecular flexibility index (Phi) is 5.74. The van der Waals surface area contributed by atoms with E-state index < -0.39 is 6.04 Å². The first-order valence-corrected chi connectivity index (χ1v) is 11.1. The molecule has 2 heterocycles. The van der Waals surface area contributed by atoms with Crippen LogP contribution in [0.15, 0.2) is 48.5 Å². The highest BCUT2D eigenvalue weighted by atomic mass is 32.1. The maximum atomic E-state index is 12.9. The Hall–Kier alpha value is -3.25. The number of aromatic nitrogens is 2. The lowest BCUT2D eigenvalue weighted by Crippen LogP contribution is -2.27. The Balaban J connectivity index is 1.44. The molecule has 0 radical (unpaired) electrons. The molecule has 5 nitrogen and oxygen atoms in total. The predicted molar refractivity (Wildman–Crippen MR) is 127 cm³/mol. The van der Waals surface area contributed by atoms with Crippen LogP contribution in [0.25, 0.3) is 10.2 Å². The number of nitrogens with one attached hydrogen (secondary N) is 2. The third kappa shape index (κ3) is 4.30. The first-order chi connectivity index (χ1) is 14.8. The number of carbonyl (C=O) groups excluding carboxylic acids is 2. The number of hydrogen-bond acceptors (Lipinski definition) is 5. The van der Waals surface area contributed by atoms with Crippen LogP contribution in [0.2, 0.25) is 0 Å². The van der Waals surface area contributed by atoms with Crippen LogP contribution in [0.4, 0.5) is 5.69 Å². The molecule has 0 bridgehead atoms. The molecule has 31 heavy (non-hydrogen) atoms. The van der Waals surface area contributed by atoms with E-state index in [1.54, 1.807) is 11.3 Å². The van der Waals surface area contributed by atoms with Gasteiger partial charge in [-0.3, -0.25) is 9.59 Å². The summed E-state index contributed by atoms with van der Waals surface area (Å²) in [6.45, 7) is 7.00. The highest BCUT2D eigenvalue weighted by molar-refractivity contribution is 7.18. The minimum atomic E-state index is -0.424. The van der Waals surface area contributed by atoms with Crippen molar-refractivity contribution in [2.75, 3.05) is 5.32 Å². The number of benzene rings is 2. The summed E-state index contributed by atoms with van der Waals surface area (Å²) in [4.78, 5) is 32.6. The number of rotatable bonds is 7. The second-order valence-corrected chi connectivity index (χ2v) is 8.98. The molecule has 0 spiro atoms. The maximum absolute atomic E-state index is 12.9. The number of anilines is 1. The third-order valence-corrected chi connectivity index (χ3v) is 6.50. The molecule has 4 rings (SSSR count). The molecule has 0 saturated heterocycles. The van der Waals surface area contributed by atoms with Crippen molar-refractivity contribution in [2.24, 2.45) is 0 Å². The Morgan fingerprint density at radius 1 is 1.10 bits per heavy atom. The summed E-state index contributed by atoms with van der Waals surface area (Å²) in [7, 11) is 0. The van der Waals surface area contributed by atoms with E-state index in [4.69, 9.17) is 4.98 Å². The quantitative estimate of drug-likeness (QED) is 0.367. The van der Waals surface area contributed by atoms with Gasteiger partial charge >= 0.3 is 0 Å². The molecule has 2 N–H and O–H groups in total. The number of carbonyl (C=O) groups is 2. The van der Waals surface area contributed by atoms with Crippen molar-refractivity contribution in [3.8, 4) is 0 Å². The van der Waals surface area contributed by atoms with Crippen LogP contribution in [-0.2, 0) is 6.42 Å². The molecule has 0 aliphatic carbocycles. The SMILES string of the molecule is CC(=O)c1c(C)[nH]c(C(=O)C(C)Nc2ccc(Cc3nc4ccccc4s3)cc2)c1C. The highest BCUT2D eigenvalue weighted by Crippen LogP contribution is 2.25. The average Bonchev–Trinajstić information content (AvgIpc) is 3.28. The van der Waals surface area contributed by atoms with Gasteiger partial charge in [0, 0.05) is 23.4 Å². The molecule has 0 aliphatic rings. The van der Waals surface area contributed by atoms with Crippen LogP contribution in [0, 0.1) is 13.8 Å². The second-order valence-electron chi connectivity index (χ2n) is 7.86. The number of fused-ring (bicyclic) bond motifs is 1. The van der Waals surface area contributed by atoms with Crippen molar-refractivity contribution in [1.82, 2.24) is 9.97 Å². The Morgan fingerprint density at radius 3 is 2.45 bits per heavy atom. The number of ketones is 2. The second kappa shape index (κ2) is 8.47. The molecule has 6 heteroatoms. The Bertz CT molecular complexity index is 1230. The molecule has 1 unspecified atom stereocenters. The van der Waals surface area contributed by atoms with E-state index in [1.165, 1.54) is 17.2 Å². The lowest BCUT2D eigenvalue weighted by atomic mass is 10.0. The van der Waals surface area contributed by atoms with Gasteiger partial charge in [0.2, 0.25) is 5.78 Å². The van der Waals surface area contributed by atoms with E-state index in [2.05, 4.69) is 28.5 Å². The molecular weight excluding hydrogens is 406 g/mol. The summed E-state index contributed by atoms with van der Waals surface area (Å²) in [6.07, 6.45) is 0.781. The number of thiazole rings is 1. The zero-order valence-corrected chi connectivity index (χ0v) is 18.9. The van der Waals surface area contributed by atoms with E-state index in [0.717, 1.165) is 33.9 Å². The van der Waals surface area contributed by atoms with E-state index in [9.17, 15) is 9.59 Å². The van der Waals surface area contributed by atoms with Crippen LogP contribution in [-0.4, -0.2) is 27.6 Å². The predicted octanol–water partition coefficient (Wildman–Crippen LogP) is 5.72. The summed E-state index contributed by atoms with van der Waals surface area (Å²) in [6, 6.07) is 15.8. The largest absolute Gasteiger partial charge is 0.375 e. The van der Waals surface area contributed by atoms with Gasteiger partial charge in [-0.25, -0.2) is 4.98 Å². The summed E-state index contributed by atoms with van der Waals surface area (Å²) in [5.41, 5.74) is 5.64. The van der Waals surface area contributed by atoms with Gasteiger partial charge in [-0.1, -0.05) is 24.3 Å². The summed E-state index contributed by atoms with van der Waals surface area (Å²) < 4.78 is 1.20. The molecule has 0 saturated carbocycles. The topological polar surface area (TPSA) is 74.8 Å². The van der Waals surface area contributed by atoms with E-state index in [0.29, 0.717) is 11.3 Å². The maximum Gasteiger partial charge on any atom is 0.201 e. The summed E-state index contributed by atoms with van der Waals surface area (Å²) in [5, 5.41) is 4.36. The van der Waals surface area contributed by atoms with Gasteiger partial charge in [-0.15, -0.1) is 11.3 Å². The molecule has 0 fully saturated rings. The van der Waals surface area contributed by atoms with Crippen molar-refractivity contribution in [1.29, 1.82) is 0 Å². The first-order valence-electron chi connectivity index (χ1n) is 10.3. The lowest BCUT2D eigenvalue weighted by Gasteiger charge is -2.14. The van der Waals surface area contributed by atoms with Crippen LogP contribution >= 0.6 is 11.3 Å². The van der Waals surface area contributed by atoms with E-state index >= 15 is 0 Å². The van der Waals surface area contributed by atoms with Gasteiger partial charge in [0.15, 0.2) is 5.78 Å². The number of aromatic amines is 1. The number of hydrogen-bond donors (Lipinski definition) is 2. The van der Waals surface area contributed by atoms with Crippen molar-refractivity contribution >= 4 is 38.8 Å². The highest BCUT2D eigenvalue weighted by Gasteiger charge is 2.23. The minimum absolute atomic E-state index is 0.0328. The van der Waals surface area contributed by atoms with Crippen LogP contribution < -0.4 is 5.32 Å². The van der Waals surface area contributed by atoms with Crippen molar-refractivity contribution < 1.29 is 9.59 Å². The first kappa shape index (κ1) is 21.0. The van der Waals surface area contributed by atoms with Crippen molar-refractivity contribution in [3.63, 3.8) is 0 Å². The van der Waals surface area contributed by atoms with Crippen molar-refractivity contribution in [2.45, 2.75) is 40.2 Å². The molecule has 0 amide bonds. The lowest BCUT2D eigenvalue weighted by molar-refractivity contribution is 0.0970. The summed E-state index contributed by atoms with van der Waals surface area (Å²) in [5.74, 6) is -0.0960. The molecule has 2 aromatic carbocycles. The molecule has 1 atom stereocenters. The fourth-order valence-electron chi connectivity index (χ4n) is 3.95. The van der Waals surface area contributed by atoms with E-state index in [1.807, 2.05) is 51.1 Å². The number of nitrogens with zero attached hydrogens (tertiary/aromatic N) is 1. The molecule has 0 aliphatic heterocycles.